The molecule has 0 atom stereocenters. The number of esters is 1. The second-order valence-electron chi connectivity index (χ2n) is 3.89. The summed E-state index contributed by atoms with van der Waals surface area (Å²) in [5, 5.41) is 0. The summed E-state index contributed by atoms with van der Waals surface area (Å²) < 4.78 is 7.99. The van der Waals surface area contributed by atoms with Gasteiger partial charge in [-0.05, 0) is 32.0 Å². The molecule has 1 aromatic heterocycles. The van der Waals surface area contributed by atoms with E-state index in [-0.39, 0.29) is 12.4 Å². The van der Waals surface area contributed by atoms with Crippen molar-refractivity contribution in [2.75, 3.05) is 6.61 Å². The fourth-order valence-corrected chi connectivity index (χ4v) is 2.33. The topological polar surface area (TPSA) is 44.1 Å². The molecule has 5 heteroatoms. The maximum absolute atomic E-state index is 11.5. The second-order valence-corrected chi connectivity index (χ2v) is 4.80. The molecule has 18 heavy (non-hydrogen) atoms. The van der Waals surface area contributed by atoms with Gasteiger partial charge >= 0.3 is 5.97 Å². The Balaban J connectivity index is 2.40. The van der Waals surface area contributed by atoms with E-state index in [1.54, 1.807) is 6.92 Å². The number of aromatic nitrogens is 2. The van der Waals surface area contributed by atoms with Gasteiger partial charge in [0.25, 0.3) is 0 Å². The average molecular weight is 311 g/mol. The number of benzene rings is 1. The van der Waals surface area contributed by atoms with Gasteiger partial charge in [-0.2, -0.15) is 0 Å². The first kappa shape index (κ1) is 13.1. The van der Waals surface area contributed by atoms with Crippen LogP contribution in [0.2, 0.25) is 0 Å². The zero-order chi connectivity index (χ0) is 13.1. The van der Waals surface area contributed by atoms with Gasteiger partial charge in [-0.3, -0.25) is 4.79 Å². The first-order chi connectivity index (χ1) is 8.65. The van der Waals surface area contributed by atoms with Crippen molar-refractivity contribution in [3.05, 3.63) is 28.5 Å². The molecule has 1 heterocycles. The third kappa shape index (κ3) is 2.56. The van der Waals surface area contributed by atoms with E-state index in [9.17, 15) is 4.79 Å². The van der Waals surface area contributed by atoms with Crippen molar-refractivity contribution in [1.82, 2.24) is 9.55 Å². The lowest BCUT2D eigenvalue weighted by Gasteiger charge is -2.05. The minimum absolute atomic E-state index is 0.216. The van der Waals surface area contributed by atoms with Crippen molar-refractivity contribution in [3.63, 3.8) is 0 Å². The molecule has 0 aliphatic rings. The number of halogens is 1. The molecule has 0 spiro atoms. The maximum Gasteiger partial charge on any atom is 0.313 e. The highest BCUT2D eigenvalue weighted by atomic mass is 79.9. The molecule has 0 aliphatic carbocycles. The summed E-state index contributed by atoms with van der Waals surface area (Å²) in [5.41, 5.74) is 1.94. The van der Waals surface area contributed by atoms with Gasteiger partial charge in [0.05, 0.1) is 17.6 Å². The zero-order valence-electron chi connectivity index (χ0n) is 10.4. The number of hydrogen-bond acceptors (Lipinski definition) is 3. The Bertz CT molecular complexity index is 578. The summed E-state index contributed by atoms with van der Waals surface area (Å²) in [7, 11) is 0. The third-order valence-corrected chi connectivity index (χ3v) is 3.21. The van der Waals surface area contributed by atoms with Crippen LogP contribution in [0.4, 0.5) is 0 Å². The van der Waals surface area contributed by atoms with E-state index in [1.165, 1.54) is 0 Å². The summed E-state index contributed by atoms with van der Waals surface area (Å²) in [6.45, 7) is 5.03. The fourth-order valence-electron chi connectivity index (χ4n) is 1.98. The number of imidazole rings is 1. The summed E-state index contributed by atoms with van der Waals surface area (Å²) in [4.78, 5) is 16.0. The van der Waals surface area contributed by atoms with E-state index < -0.39 is 0 Å². The number of nitrogens with zero attached hydrogens (tertiary/aromatic N) is 2. The Labute approximate surface area is 114 Å². The second kappa shape index (κ2) is 5.52. The molecule has 0 saturated carbocycles. The Kier molecular flexibility index (Phi) is 4.01. The molecule has 0 fully saturated rings. The number of rotatable bonds is 4. The van der Waals surface area contributed by atoms with E-state index in [1.807, 2.05) is 29.7 Å². The van der Waals surface area contributed by atoms with E-state index in [0.717, 1.165) is 27.9 Å². The smallest absolute Gasteiger partial charge is 0.313 e. The predicted molar refractivity (Wildman–Crippen MR) is 73.4 cm³/mol. The molecule has 0 unspecified atom stereocenters. The maximum atomic E-state index is 11.5. The first-order valence-electron chi connectivity index (χ1n) is 5.96. The Morgan fingerprint density at radius 2 is 2.22 bits per heavy atom. The average Bonchev–Trinajstić information content (AvgIpc) is 2.65. The van der Waals surface area contributed by atoms with E-state index in [2.05, 4.69) is 20.9 Å². The molecule has 0 amide bonds. The number of aryl methyl sites for hydroxylation is 1. The fraction of sp³-hybridized carbons (Fsp3) is 0.385. The minimum atomic E-state index is -0.235. The molecule has 0 N–H and O–H groups in total. The summed E-state index contributed by atoms with van der Waals surface area (Å²) in [6.07, 6.45) is 0.216. The van der Waals surface area contributed by atoms with Crippen LogP contribution >= 0.6 is 15.9 Å². The van der Waals surface area contributed by atoms with Crippen molar-refractivity contribution >= 4 is 32.9 Å². The van der Waals surface area contributed by atoms with Crippen LogP contribution in [0.5, 0.6) is 0 Å². The highest BCUT2D eigenvalue weighted by Crippen LogP contribution is 2.21. The van der Waals surface area contributed by atoms with E-state index in [4.69, 9.17) is 4.74 Å². The van der Waals surface area contributed by atoms with Crippen molar-refractivity contribution < 1.29 is 9.53 Å². The van der Waals surface area contributed by atoms with E-state index >= 15 is 0 Å². The molecule has 2 aromatic rings. The molecular weight excluding hydrogens is 296 g/mol. The van der Waals surface area contributed by atoms with Crippen molar-refractivity contribution in [3.8, 4) is 0 Å². The van der Waals surface area contributed by atoms with Gasteiger partial charge in [-0.15, -0.1) is 0 Å². The quantitative estimate of drug-likeness (QED) is 0.816. The Morgan fingerprint density at radius 1 is 1.44 bits per heavy atom. The normalized spacial score (nSPS) is 10.8. The molecular formula is C13H15BrN2O2. The van der Waals surface area contributed by atoms with Gasteiger partial charge in [0.1, 0.15) is 12.2 Å². The van der Waals surface area contributed by atoms with E-state index in [0.29, 0.717) is 6.61 Å². The van der Waals surface area contributed by atoms with Gasteiger partial charge in [0.15, 0.2) is 0 Å². The van der Waals surface area contributed by atoms with Crippen molar-refractivity contribution in [1.29, 1.82) is 0 Å². The van der Waals surface area contributed by atoms with Crippen LogP contribution in [0.15, 0.2) is 22.7 Å². The van der Waals surface area contributed by atoms with Crippen LogP contribution in [0.1, 0.15) is 19.7 Å². The molecule has 4 nitrogen and oxygen atoms in total. The van der Waals surface area contributed by atoms with Crippen LogP contribution < -0.4 is 0 Å². The lowest BCUT2D eigenvalue weighted by atomic mass is 10.3. The number of hydrogen-bond donors (Lipinski definition) is 0. The Hall–Kier alpha value is -1.36. The monoisotopic (exact) mass is 310 g/mol. The largest absolute Gasteiger partial charge is 0.466 e. The molecule has 1 aromatic carbocycles. The molecule has 96 valence electrons. The number of fused-ring (bicyclic) bond motifs is 1. The standard InChI is InChI=1S/C13H15BrN2O2/c1-3-16-11-6-5-9(14)7-10(11)15-12(16)8-13(17)18-4-2/h5-7H,3-4,8H2,1-2H3. The van der Waals surface area contributed by atoms with Gasteiger partial charge < -0.3 is 9.30 Å². The van der Waals surface area contributed by atoms with Crippen LogP contribution in [0, 0.1) is 0 Å². The SMILES string of the molecule is CCOC(=O)Cc1nc2cc(Br)ccc2n1CC. The van der Waals surface area contributed by atoms with Crippen molar-refractivity contribution in [2.45, 2.75) is 26.8 Å². The number of ether oxygens (including phenoxy) is 1. The summed E-state index contributed by atoms with van der Waals surface area (Å²) in [5.74, 6) is 0.519. The van der Waals surface area contributed by atoms with Crippen LogP contribution in [-0.2, 0) is 22.5 Å². The third-order valence-electron chi connectivity index (χ3n) is 2.71. The predicted octanol–water partition coefficient (Wildman–Crippen LogP) is 2.92. The number of carbonyl (C=O) groups is 1. The highest BCUT2D eigenvalue weighted by molar-refractivity contribution is 9.10. The summed E-state index contributed by atoms with van der Waals surface area (Å²) >= 11 is 3.42. The van der Waals surface area contributed by atoms with Gasteiger partial charge in [0.2, 0.25) is 0 Å². The molecule has 0 aliphatic heterocycles. The highest BCUT2D eigenvalue weighted by Gasteiger charge is 2.13. The van der Waals surface area contributed by atoms with Gasteiger partial charge in [-0.1, -0.05) is 15.9 Å². The molecule has 0 saturated heterocycles. The first-order valence-corrected chi connectivity index (χ1v) is 6.75. The van der Waals surface area contributed by atoms with Gasteiger partial charge in [0, 0.05) is 11.0 Å². The Morgan fingerprint density at radius 3 is 2.89 bits per heavy atom. The summed E-state index contributed by atoms with van der Waals surface area (Å²) in [6, 6.07) is 5.94. The van der Waals surface area contributed by atoms with Crippen LogP contribution in [0.3, 0.4) is 0 Å². The number of carbonyl (C=O) groups excluding carboxylic acids is 1. The molecule has 2 rings (SSSR count). The van der Waals surface area contributed by atoms with Crippen LogP contribution in [-0.4, -0.2) is 22.1 Å². The van der Waals surface area contributed by atoms with Crippen LogP contribution in [0.25, 0.3) is 11.0 Å². The molecule has 0 bridgehead atoms. The van der Waals surface area contributed by atoms with Crippen molar-refractivity contribution in [2.24, 2.45) is 0 Å². The van der Waals surface area contributed by atoms with Gasteiger partial charge in [-0.25, -0.2) is 4.98 Å². The lowest BCUT2D eigenvalue weighted by molar-refractivity contribution is -0.142. The molecule has 0 radical (unpaired) electrons. The zero-order valence-corrected chi connectivity index (χ0v) is 12.0. The minimum Gasteiger partial charge on any atom is -0.466 e. The lowest BCUT2D eigenvalue weighted by Crippen LogP contribution is -2.12.